The summed E-state index contributed by atoms with van der Waals surface area (Å²) in [5, 5.41) is 26.1. The first-order valence-electron chi connectivity index (χ1n) is 4.39. The molecule has 0 rings (SSSR count). The monoisotopic (exact) mass is 271 g/mol. The van der Waals surface area contributed by atoms with Gasteiger partial charge < -0.3 is 15.3 Å². The van der Waals surface area contributed by atoms with Crippen LogP contribution in [0.3, 0.4) is 0 Å². The minimum Gasteiger partial charge on any atom is -0.480 e. The van der Waals surface area contributed by atoms with Gasteiger partial charge in [0.05, 0.1) is 19.2 Å². The van der Waals surface area contributed by atoms with Crippen molar-refractivity contribution in [2.75, 3.05) is 25.4 Å². The van der Waals surface area contributed by atoms with E-state index in [2.05, 4.69) is 0 Å². The number of carboxylic acids is 2. The van der Waals surface area contributed by atoms with E-state index in [0.717, 1.165) is 4.90 Å². The average Bonchev–Trinajstić information content (AvgIpc) is 1.95. The van der Waals surface area contributed by atoms with Gasteiger partial charge in [0, 0.05) is 6.54 Å². The van der Waals surface area contributed by atoms with Crippen LogP contribution in [0.2, 0.25) is 0 Å². The Morgan fingerprint density at radius 2 is 1.53 bits per heavy atom. The molecule has 0 aromatic carbocycles. The average molecular weight is 271 g/mol. The van der Waals surface area contributed by atoms with E-state index in [1.54, 1.807) is 0 Å². The van der Waals surface area contributed by atoms with Gasteiger partial charge in [0.25, 0.3) is 10.1 Å². The molecule has 9 nitrogen and oxygen atoms in total. The normalized spacial score (nSPS) is 13.6. The Labute approximate surface area is 97.0 Å². The van der Waals surface area contributed by atoms with E-state index in [1.165, 1.54) is 0 Å². The van der Waals surface area contributed by atoms with Crippen LogP contribution in [0.5, 0.6) is 0 Å². The topological polar surface area (TPSA) is 152 Å². The second kappa shape index (κ2) is 6.49. The highest BCUT2D eigenvalue weighted by atomic mass is 32.2. The lowest BCUT2D eigenvalue weighted by Crippen LogP contribution is -2.41. The SMILES string of the molecule is O=C(O)CN(CC(=O)O)CC(O)CS(=O)(=O)O. The van der Waals surface area contributed by atoms with Crippen LogP contribution < -0.4 is 0 Å². The molecule has 4 N–H and O–H groups in total. The lowest BCUT2D eigenvalue weighted by Gasteiger charge is -2.20. The summed E-state index contributed by atoms with van der Waals surface area (Å²) in [6.07, 6.45) is -1.57. The molecule has 1 atom stereocenters. The van der Waals surface area contributed by atoms with Gasteiger partial charge in [-0.05, 0) is 0 Å². The zero-order chi connectivity index (χ0) is 13.6. The van der Waals surface area contributed by atoms with Crippen LogP contribution in [0.1, 0.15) is 0 Å². The van der Waals surface area contributed by atoms with Crippen molar-refractivity contribution in [3.8, 4) is 0 Å². The third-order valence-electron chi connectivity index (χ3n) is 1.59. The van der Waals surface area contributed by atoms with Crippen LogP contribution in [-0.4, -0.2) is 76.6 Å². The fourth-order valence-electron chi connectivity index (χ4n) is 1.16. The van der Waals surface area contributed by atoms with Crippen molar-refractivity contribution in [3.05, 3.63) is 0 Å². The number of aliphatic hydroxyl groups excluding tert-OH is 1. The molecular formula is C7H13NO8S. The molecule has 0 heterocycles. The fourth-order valence-corrected chi connectivity index (χ4v) is 1.75. The minimum atomic E-state index is -4.40. The van der Waals surface area contributed by atoms with Crippen molar-refractivity contribution in [1.82, 2.24) is 4.90 Å². The second-order valence-electron chi connectivity index (χ2n) is 3.36. The van der Waals surface area contributed by atoms with Crippen LogP contribution in [-0.2, 0) is 19.7 Å². The van der Waals surface area contributed by atoms with Gasteiger partial charge in [0.15, 0.2) is 0 Å². The number of aliphatic hydroxyl groups is 1. The summed E-state index contributed by atoms with van der Waals surface area (Å²) in [5.74, 6) is -3.61. The molecule has 17 heavy (non-hydrogen) atoms. The molecule has 0 aromatic rings. The van der Waals surface area contributed by atoms with Crippen LogP contribution >= 0.6 is 0 Å². The number of rotatable bonds is 8. The van der Waals surface area contributed by atoms with Gasteiger partial charge in [-0.3, -0.25) is 19.0 Å². The van der Waals surface area contributed by atoms with E-state index >= 15 is 0 Å². The zero-order valence-electron chi connectivity index (χ0n) is 8.68. The maximum atomic E-state index is 10.4. The van der Waals surface area contributed by atoms with Crippen LogP contribution in [0, 0.1) is 0 Å². The Morgan fingerprint density at radius 1 is 1.12 bits per heavy atom. The smallest absolute Gasteiger partial charge is 0.317 e. The van der Waals surface area contributed by atoms with E-state index in [-0.39, 0.29) is 0 Å². The molecule has 100 valence electrons. The van der Waals surface area contributed by atoms with Crippen molar-refractivity contribution in [3.63, 3.8) is 0 Å². The molecule has 0 saturated carbocycles. The first-order valence-corrected chi connectivity index (χ1v) is 6.00. The van der Waals surface area contributed by atoms with Gasteiger partial charge in [-0.2, -0.15) is 8.42 Å². The van der Waals surface area contributed by atoms with Crippen LogP contribution in [0.25, 0.3) is 0 Å². The predicted molar refractivity (Wildman–Crippen MR) is 54.1 cm³/mol. The van der Waals surface area contributed by atoms with Gasteiger partial charge in [0.1, 0.15) is 5.75 Å². The summed E-state index contributed by atoms with van der Waals surface area (Å²) >= 11 is 0. The largest absolute Gasteiger partial charge is 0.480 e. The number of aliphatic carboxylic acids is 2. The molecule has 0 radical (unpaired) electrons. The van der Waals surface area contributed by atoms with Crippen molar-refractivity contribution < 1.29 is 37.9 Å². The van der Waals surface area contributed by atoms with Crippen molar-refractivity contribution >= 4 is 22.1 Å². The van der Waals surface area contributed by atoms with Gasteiger partial charge in [-0.25, -0.2) is 0 Å². The molecule has 0 fully saturated rings. The lowest BCUT2D eigenvalue weighted by atomic mass is 10.3. The summed E-state index contributed by atoms with van der Waals surface area (Å²) in [6.45, 7) is -1.80. The van der Waals surface area contributed by atoms with E-state index in [9.17, 15) is 23.1 Å². The van der Waals surface area contributed by atoms with E-state index < -0.39 is 53.5 Å². The minimum absolute atomic E-state index is 0.488. The molecule has 0 spiro atoms. The molecule has 0 aliphatic carbocycles. The quantitative estimate of drug-likeness (QED) is 0.357. The summed E-state index contributed by atoms with van der Waals surface area (Å²) < 4.78 is 29.2. The Bertz CT molecular complexity index is 361. The summed E-state index contributed by atoms with van der Waals surface area (Å²) in [5.41, 5.74) is 0. The van der Waals surface area contributed by atoms with Gasteiger partial charge in [0.2, 0.25) is 0 Å². The van der Waals surface area contributed by atoms with Crippen molar-refractivity contribution in [1.29, 1.82) is 0 Å². The van der Waals surface area contributed by atoms with E-state index in [0.29, 0.717) is 0 Å². The number of hydrogen-bond acceptors (Lipinski definition) is 6. The standard InChI is InChI=1S/C7H13NO8S/c9-5(4-17(14,15)16)1-8(2-6(10)11)3-7(12)13/h5,9H,1-4H2,(H,10,11)(H,12,13)(H,14,15,16). The highest BCUT2D eigenvalue weighted by Crippen LogP contribution is 1.96. The summed E-state index contributed by atoms with van der Waals surface area (Å²) in [4.78, 5) is 21.6. The number of carbonyl (C=O) groups is 2. The Kier molecular flexibility index (Phi) is 6.02. The molecule has 0 amide bonds. The third kappa shape index (κ3) is 9.68. The van der Waals surface area contributed by atoms with Crippen molar-refractivity contribution in [2.24, 2.45) is 0 Å². The van der Waals surface area contributed by atoms with Crippen LogP contribution in [0.4, 0.5) is 0 Å². The molecule has 0 aliphatic rings. The summed E-state index contributed by atoms with van der Waals surface area (Å²) in [6, 6.07) is 0. The van der Waals surface area contributed by atoms with Gasteiger partial charge >= 0.3 is 11.9 Å². The highest BCUT2D eigenvalue weighted by molar-refractivity contribution is 7.85. The zero-order valence-corrected chi connectivity index (χ0v) is 9.50. The maximum absolute atomic E-state index is 10.4. The number of hydrogen-bond donors (Lipinski definition) is 4. The van der Waals surface area contributed by atoms with E-state index in [4.69, 9.17) is 14.8 Å². The van der Waals surface area contributed by atoms with E-state index in [1.807, 2.05) is 0 Å². The Hall–Kier alpha value is -1.23. The third-order valence-corrected chi connectivity index (χ3v) is 2.40. The molecular weight excluding hydrogens is 258 g/mol. The molecule has 0 bridgehead atoms. The first-order chi connectivity index (χ1) is 7.60. The van der Waals surface area contributed by atoms with Crippen LogP contribution in [0.15, 0.2) is 0 Å². The predicted octanol–water partition coefficient (Wildman–Crippen LogP) is -2.29. The highest BCUT2D eigenvalue weighted by Gasteiger charge is 2.20. The van der Waals surface area contributed by atoms with Crippen molar-refractivity contribution in [2.45, 2.75) is 6.10 Å². The summed E-state index contributed by atoms with van der Waals surface area (Å²) in [7, 11) is -4.40. The van der Waals surface area contributed by atoms with Gasteiger partial charge in [-0.15, -0.1) is 0 Å². The molecule has 10 heteroatoms. The van der Waals surface area contributed by atoms with Gasteiger partial charge in [-0.1, -0.05) is 0 Å². The number of carboxylic acid groups (broad SMARTS) is 2. The maximum Gasteiger partial charge on any atom is 0.317 e. The molecule has 0 saturated heterocycles. The Morgan fingerprint density at radius 3 is 1.82 bits per heavy atom. The molecule has 1 unspecified atom stereocenters. The Balaban J connectivity index is 4.41. The second-order valence-corrected chi connectivity index (χ2v) is 4.86. The first kappa shape index (κ1) is 15.8. The lowest BCUT2D eigenvalue weighted by molar-refractivity contribution is -0.142. The number of nitrogens with zero attached hydrogens (tertiary/aromatic N) is 1. The fraction of sp³-hybridized carbons (Fsp3) is 0.714. The molecule has 0 aliphatic heterocycles. The molecule has 0 aromatic heterocycles.